The summed E-state index contributed by atoms with van der Waals surface area (Å²) in [6.07, 6.45) is 0. The predicted octanol–water partition coefficient (Wildman–Crippen LogP) is 4.91. The summed E-state index contributed by atoms with van der Waals surface area (Å²) >= 11 is 0. The highest BCUT2D eigenvalue weighted by atomic mass is 19.1. The van der Waals surface area contributed by atoms with Crippen LogP contribution < -0.4 is 4.74 Å². The smallest absolute Gasteiger partial charge is 0.335 e. The molecule has 0 unspecified atom stereocenters. The van der Waals surface area contributed by atoms with E-state index in [1.54, 1.807) is 12.1 Å². The molecule has 0 spiro atoms. The summed E-state index contributed by atoms with van der Waals surface area (Å²) in [4.78, 5) is 10.9. The molecular weight excluding hydrogens is 326 g/mol. The van der Waals surface area contributed by atoms with E-state index in [4.69, 9.17) is 9.84 Å². The average molecular weight is 340 g/mol. The van der Waals surface area contributed by atoms with Crippen LogP contribution in [0.1, 0.15) is 15.9 Å². The van der Waals surface area contributed by atoms with E-state index >= 15 is 0 Å². The molecule has 25 heavy (non-hydrogen) atoms. The first-order valence-corrected chi connectivity index (χ1v) is 7.54. The first-order valence-electron chi connectivity index (χ1n) is 7.54. The van der Waals surface area contributed by atoms with Crippen molar-refractivity contribution in [2.45, 2.75) is 6.61 Å². The Bertz CT molecular complexity index is 885. The molecule has 0 aromatic heterocycles. The molecule has 3 nitrogen and oxygen atoms in total. The molecule has 5 heteroatoms. The minimum atomic E-state index is -1.38. The van der Waals surface area contributed by atoms with Crippen molar-refractivity contribution in [1.82, 2.24) is 0 Å². The highest BCUT2D eigenvalue weighted by Gasteiger charge is 2.16. The summed E-state index contributed by atoms with van der Waals surface area (Å²) in [5.41, 5.74) is 0.527. The predicted molar refractivity (Wildman–Crippen MR) is 89.5 cm³/mol. The Balaban J connectivity index is 1.88. The SMILES string of the molecule is O=C(O)c1cc(F)c(-c2cccc(OCc3ccccc3)c2)c(F)c1. The zero-order valence-electron chi connectivity index (χ0n) is 13.1. The van der Waals surface area contributed by atoms with Gasteiger partial charge in [0, 0.05) is 0 Å². The van der Waals surface area contributed by atoms with Gasteiger partial charge in [-0.15, -0.1) is 0 Å². The fraction of sp³-hybridized carbons (Fsp3) is 0.0500. The quantitative estimate of drug-likeness (QED) is 0.718. The van der Waals surface area contributed by atoms with Crippen LogP contribution in [0, 0.1) is 11.6 Å². The van der Waals surface area contributed by atoms with Crippen LogP contribution in [-0.4, -0.2) is 11.1 Å². The van der Waals surface area contributed by atoms with Crippen molar-refractivity contribution in [2.75, 3.05) is 0 Å². The van der Waals surface area contributed by atoms with Gasteiger partial charge in [-0.2, -0.15) is 0 Å². The van der Waals surface area contributed by atoms with Gasteiger partial charge < -0.3 is 9.84 Å². The maximum absolute atomic E-state index is 14.2. The molecule has 0 saturated heterocycles. The molecule has 0 aliphatic rings. The highest BCUT2D eigenvalue weighted by molar-refractivity contribution is 5.88. The third-order valence-electron chi connectivity index (χ3n) is 3.66. The van der Waals surface area contributed by atoms with Gasteiger partial charge in [0.05, 0.1) is 11.1 Å². The molecule has 0 fully saturated rings. The molecule has 0 atom stereocenters. The van der Waals surface area contributed by atoms with Crippen molar-refractivity contribution in [1.29, 1.82) is 0 Å². The van der Waals surface area contributed by atoms with Crippen molar-refractivity contribution >= 4 is 5.97 Å². The lowest BCUT2D eigenvalue weighted by atomic mass is 10.0. The minimum absolute atomic E-state index is 0.275. The van der Waals surface area contributed by atoms with Gasteiger partial charge in [0.25, 0.3) is 0 Å². The molecule has 0 aliphatic heterocycles. The second kappa shape index (κ2) is 7.13. The average Bonchev–Trinajstić information content (AvgIpc) is 2.60. The summed E-state index contributed by atoms with van der Waals surface area (Å²) < 4.78 is 34.0. The molecule has 3 rings (SSSR count). The Morgan fingerprint density at radius 3 is 2.24 bits per heavy atom. The van der Waals surface area contributed by atoms with E-state index in [2.05, 4.69) is 0 Å². The van der Waals surface area contributed by atoms with Crippen LogP contribution in [0.15, 0.2) is 66.7 Å². The van der Waals surface area contributed by atoms with Gasteiger partial charge in [-0.25, -0.2) is 13.6 Å². The van der Waals surface area contributed by atoms with Crippen molar-refractivity contribution in [2.24, 2.45) is 0 Å². The van der Waals surface area contributed by atoms with Gasteiger partial charge in [-0.3, -0.25) is 0 Å². The molecular formula is C20H14F2O3. The van der Waals surface area contributed by atoms with Gasteiger partial charge in [0.2, 0.25) is 0 Å². The van der Waals surface area contributed by atoms with E-state index < -0.39 is 23.2 Å². The molecule has 0 radical (unpaired) electrons. The molecule has 0 amide bonds. The van der Waals surface area contributed by atoms with Crippen LogP contribution in [0.2, 0.25) is 0 Å². The number of rotatable bonds is 5. The van der Waals surface area contributed by atoms with Gasteiger partial charge in [-0.05, 0) is 35.4 Å². The van der Waals surface area contributed by atoms with Crippen LogP contribution in [0.5, 0.6) is 5.75 Å². The maximum atomic E-state index is 14.2. The van der Waals surface area contributed by atoms with Gasteiger partial charge >= 0.3 is 5.97 Å². The summed E-state index contributed by atoms with van der Waals surface area (Å²) in [7, 11) is 0. The number of carbonyl (C=O) groups is 1. The second-order valence-corrected chi connectivity index (χ2v) is 5.42. The van der Waals surface area contributed by atoms with Crippen molar-refractivity contribution < 1.29 is 23.4 Å². The van der Waals surface area contributed by atoms with E-state index in [9.17, 15) is 13.6 Å². The number of ether oxygens (including phenoxy) is 1. The molecule has 1 N–H and O–H groups in total. The standard InChI is InChI=1S/C20H14F2O3/c21-17-10-15(20(23)24)11-18(22)19(17)14-7-4-8-16(9-14)25-12-13-5-2-1-3-6-13/h1-11H,12H2,(H,23,24). The first kappa shape index (κ1) is 16.6. The Hall–Kier alpha value is -3.21. The fourth-order valence-electron chi connectivity index (χ4n) is 2.45. The zero-order valence-corrected chi connectivity index (χ0v) is 13.1. The lowest BCUT2D eigenvalue weighted by Crippen LogP contribution is -2.01. The lowest BCUT2D eigenvalue weighted by Gasteiger charge is -2.10. The molecule has 0 aliphatic carbocycles. The summed E-state index contributed by atoms with van der Waals surface area (Å²) in [6, 6.07) is 17.5. The van der Waals surface area contributed by atoms with Crippen molar-refractivity contribution in [3.63, 3.8) is 0 Å². The number of carboxylic acids is 1. The monoisotopic (exact) mass is 340 g/mol. The van der Waals surface area contributed by atoms with Crippen LogP contribution >= 0.6 is 0 Å². The highest BCUT2D eigenvalue weighted by Crippen LogP contribution is 2.30. The van der Waals surface area contributed by atoms with Crippen molar-refractivity contribution in [3.8, 4) is 16.9 Å². The van der Waals surface area contributed by atoms with Crippen LogP contribution in [0.3, 0.4) is 0 Å². The van der Waals surface area contributed by atoms with Crippen LogP contribution in [-0.2, 0) is 6.61 Å². The molecule has 0 bridgehead atoms. The van der Waals surface area contributed by atoms with E-state index in [1.807, 2.05) is 30.3 Å². The summed E-state index contributed by atoms with van der Waals surface area (Å²) in [5, 5.41) is 8.86. The van der Waals surface area contributed by atoms with Gasteiger partial charge in [0.1, 0.15) is 24.0 Å². The van der Waals surface area contributed by atoms with Crippen molar-refractivity contribution in [3.05, 3.63) is 89.5 Å². The molecule has 0 heterocycles. The largest absolute Gasteiger partial charge is 0.489 e. The summed E-state index contributed by atoms with van der Waals surface area (Å²) in [6.45, 7) is 0.327. The normalized spacial score (nSPS) is 10.5. The lowest BCUT2D eigenvalue weighted by molar-refractivity contribution is 0.0695. The van der Waals surface area contributed by atoms with Gasteiger partial charge in [-0.1, -0.05) is 42.5 Å². The second-order valence-electron chi connectivity index (χ2n) is 5.42. The molecule has 3 aromatic rings. The molecule has 126 valence electrons. The number of halogens is 2. The number of hydrogen-bond donors (Lipinski definition) is 1. The Kier molecular flexibility index (Phi) is 4.75. The topological polar surface area (TPSA) is 46.5 Å². The summed E-state index contributed by atoms with van der Waals surface area (Å²) in [5.74, 6) is -2.79. The van der Waals surface area contributed by atoms with E-state index in [0.717, 1.165) is 17.7 Å². The van der Waals surface area contributed by atoms with Crippen LogP contribution in [0.25, 0.3) is 11.1 Å². The van der Waals surface area contributed by atoms with E-state index in [1.165, 1.54) is 12.1 Å². The Morgan fingerprint density at radius 1 is 0.920 bits per heavy atom. The Labute approximate surface area is 143 Å². The number of carboxylic acid groups (broad SMARTS) is 1. The number of hydrogen-bond acceptors (Lipinski definition) is 2. The first-order chi connectivity index (χ1) is 12.0. The minimum Gasteiger partial charge on any atom is -0.489 e. The van der Waals surface area contributed by atoms with E-state index in [0.29, 0.717) is 12.4 Å². The number of benzene rings is 3. The van der Waals surface area contributed by atoms with Gasteiger partial charge in [0.15, 0.2) is 0 Å². The number of aromatic carboxylic acids is 1. The van der Waals surface area contributed by atoms with E-state index in [-0.39, 0.29) is 11.1 Å². The molecule has 3 aromatic carbocycles. The third kappa shape index (κ3) is 3.83. The fourth-order valence-corrected chi connectivity index (χ4v) is 2.45. The third-order valence-corrected chi connectivity index (χ3v) is 3.66. The maximum Gasteiger partial charge on any atom is 0.335 e. The molecule has 0 saturated carbocycles. The Morgan fingerprint density at radius 2 is 1.60 bits per heavy atom. The van der Waals surface area contributed by atoms with Crippen LogP contribution in [0.4, 0.5) is 8.78 Å². The zero-order chi connectivity index (χ0) is 17.8.